The zero-order chi connectivity index (χ0) is 26.9. The molecule has 0 amide bonds. The number of aromatic nitrogens is 5. The van der Waals surface area contributed by atoms with Crippen molar-refractivity contribution in [2.45, 2.75) is 0 Å². The molecule has 0 aliphatic heterocycles. The van der Waals surface area contributed by atoms with Crippen LogP contribution in [0.5, 0.6) is 0 Å². The molecule has 0 unspecified atom stereocenters. The van der Waals surface area contributed by atoms with Crippen molar-refractivity contribution in [3.63, 3.8) is 0 Å². The average molecular weight is 530 g/mol. The molecule has 41 heavy (non-hydrogen) atoms. The van der Waals surface area contributed by atoms with Gasteiger partial charge in [0.1, 0.15) is 16.7 Å². The van der Waals surface area contributed by atoms with Crippen molar-refractivity contribution < 1.29 is 8.83 Å². The number of rotatable bonds is 3. The van der Waals surface area contributed by atoms with Crippen molar-refractivity contribution in [2.24, 2.45) is 0 Å². The Labute approximate surface area is 232 Å². The van der Waals surface area contributed by atoms with Crippen molar-refractivity contribution in [2.75, 3.05) is 0 Å². The Hall–Kier alpha value is -5.82. The smallest absolute Gasteiger partial charge is 0.241 e. The van der Waals surface area contributed by atoms with E-state index in [0.29, 0.717) is 23.3 Å². The summed E-state index contributed by atoms with van der Waals surface area (Å²) in [5, 5.41) is 5.04. The highest BCUT2D eigenvalue weighted by molar-refractivity contribution is 6.19. The minimum Gasteiger partial charge on any atom is -0.456 e. The second-order valence-electron chi connectivity index (χ2n) is 9.96. The van der Waals surface area contributed by atoms with E-state index in [0.717, 1.165) is 60.3 Å². The van der Waals surface area contributed by atoms with Gasteiger partial charge < -0.3 is 8.83 Å². The summed E-state index contributed by atoms with van der Waals surface area (Å²) < 4.78 is 14.5. The first-order chi connectivity index (χ1) is 20.3. The molecule has 0 aliphatic carbocycles. The highest BCUT2D eigenvalue weighted by Crippen LogP contribution is 2.38. The normalized spacial score (nSPS) is 11.9. The molecule has 9 rings (SSSR count). The molecular weight excluding hydrogens is 510 g/mol. The van der Waals surface area contributed by atoms with Crippen molar-refractivity contribution >= 4 is 54.9 Å². The molecule has 7 nitrogen and oxygen atoms in total. The number of benzene rings is 4. The number of furan rings is 2. The molecule has 192 valence electrons. The Morgan fingerprint density at radius 2 is 1.24 bits per heavy atom. The fourth-order valence-corrected chi connectivity index (χ4v) is 5.71. The zero-order valence-electron chi connectivity index (χ0n) is 21.5. The van der Waals surface area contributed by atoms with E-state index in [1.54, 1.807) is 6.20 Å². The molecule has 0 radical (unpaired) electrons. The summed E-state index contributed by atoms with van der Waals surface area (Å²) >= 11 is 0. The Kier molecular flexibility index (Phi) is 4.48. The molecule has 0 spiro atoms. The van der Waals surface area contributed by atoms with Gasteiger partial charge in [-0.3, -0.25) is 4.98 Å². The molecule has 0 atom stereocenters. The second-order valence-corrected chi connectivity index (χ2v) is 9.96. The summed E-state index contributed by atoms with van der Waals surface area (Å²) in [6.07, 6.45) is 3.65. The van der Waals surface area contributed by atoms with Crippen LogP contribution in [0.15, 0.2) is 124 Å². The van der Waals surface area contributed by atoms with Gasteiger partial charge in [-0.1, -0.05) is 66.7 Å². The molecule has 0 bridgehead atoms. The van der Waals surface area contributed by atoms with E-state index in [-0.39, 0.29) is 0 Å². The molecule has 5 aromatic heterocycles. The fourth-order valence-electron chi connectivity index (χ4n) is 5.71. The van der Waals surface area contributed by atoms with Gasteiger partial charge in [-0.2, -0.15) is 9.97 Å². The van der Waals surface area contributed by atoms with E-state index in [4.69, 9.17) is 23.8 Å². The third kappa shape index (κ3) is 3.26. The maximum Gasteiger partial charge on any atom is 0.241 e. The van der Waals surface area contributed by atoms with Crippen LogP contribution in [0.3, 0.4) is 0 Å². The van der Waals surface area contributed by atoms with Gasteiger partial charge >= 0.3 is 0 Å². The summed E-state index contributed by atoms with van der Waals surface area (Å²) in [5.41, 5.74) is 5.80. The van der Waals surface area contributed by atoms with Gasteiger partial charge in [0.25, 0.3) is 0 Å². The van der Waals surface area contributed by atoms with E-state index < -0.39 is 0 Å². The molecule has 5 heterocycles. The van der Waals surface area contributed by atoms with Crippen molar-refractivity contribution in [1.82, 2.24) is 24.5 Å². The Morgan fingerprint density at radius 1 is 0.537 bits per heavy atom. The molecule has 0 fully saturated rings. The van der Waals surface area contributed by atoms with Gasteiger partial charge in [-0.05, 0) is 36.4 Å². The van der Waals surface area contributed by atoms with Gasteiger partial charge in [0.05, 0.1) is 10.9 Å². The third-order valence-electron chi connectivity index (χ3n) is 7.58. The van der Waals surface area contributed by atoms with Crippen molar-refractivity contribution in [1.29, 1.82) is 0 Å². The van der Waals surface area contributed by atoms with Crippen LogP contribution in [0.1, 0.15) is 0 Å². The monoisotopic (exact) mass is 529 g/mol. The predicted octanol–water partition coefficient (Wildman–Crippen LogP) is 8.34. The number of fused-ring (bicyclic) bond motifs is 8. The molecule has 0 aliphatic rings. The number of hydrogen-bond donors (Lipinski definition) is 0. The quantitative estimate of drug-likeness (QED) is 0.229. The topological polar surface area (TPSA) is 82.8 Å². The van der Waals surface area contributed by atoms with Crippen LogP contribution in [-0.4, -0.2) is 24.5 Å². The molecule has 4 aromatic carbocycles. The molecule has 9 aromatic rings. The van der Waals surface area contributed by atoms with Crippen LogP contribution in [0.2, 0.25) is 0 Å². The standard InChI is InChI=1S/C34H19N5O2/c1-2-8-20(9-3-1)31-36-32(21-14-15-29-24(18-21)22-10-4-6-12-27(22)40-29)38-34(37-31)39-26-16-17-35-19-25(26)30-23-11-5-7-13-28(23)41-33(30)39/h1-19H. The first-order valence-corrected chi connectivity index (χ1v) is 13.3. The van der Waals surface area contributed by atoms with Crippen LogP contribution < -0.4 is 0 Å². The molecule has 0 N–H and O–H groups in total. The van der Waals surface area contributed by atoms with E-state index in [1.165, 1.54) is 0 Å². The van der Waals surface area contributed by atoms with E-state index in [9.17, 15) is 0 Å². The Bertz CT molecular complexity index is 2440. The van der Waals surface area contributed by atoms with Gasteiger partial charge in [0.15, 0.2) is 11.6 Å². The van der Waals surface area contributed by atoms with Gasteiger partial charge in [0.2, 0.25) is 11.7 Å². The van der Waals surface area contributed by atoms with Crippen LogP contribution in [-0.2, 0) is 0 Å². The minimum absolute atomic E-state index is 0.469. The maximum absolute atomic E-state index is 6.43. The predicted molar refractivity (Wildman–Crippen MR) is 160 cm³/mol. The highest BCUT2D eigenvalue weighted by atomic mass is 16.3. The number of para-hydroxylation sites is 2. The zero-order valence-corrected chi connectivity index (χ0v) is 21.5. The fraction of sp³-hybridized carbons (Fsp3) is 0. The Balaban J connectivity index is 1.36. The van der Waals surface area contributed by atoms with Crippen LogP contribution in [0.4, 0.5) is 0 Å². The van der Waals surface area contributed by atoms with Gasteiger partial charge in [-0.25, -0.2) is 9.55 Å². The number of pyridine rings is 1. The van der Waals surface area contributed by atoms with Gasteiger partial charge in [0, 0.05) is 45.1 Å². The molecular formula is C34H19N5O2. The lowest BCUT2D eigenvalue weighted by atomic mass is 10.1. The Morgan fingerprint density at radius 3 is 2.10 bits per heavy atom. The third-order valence-corrected chi connectivity index (χ3v) is 7.58. The summed E-state index contributed by atoms with van der Waals surface area (Å²) in [4.78, 5) is 19.4. The average Bonchev–Trinajstić information content (AvgIpc) is 3.69. The van der Waals surface area contributed by atoms with Gasteiger partial charge in [-0.15, -0.1) is 0 Å². The summed E-state index contributed by atoms with van der Waals surface area (Å²) in [6.45, 7) is 0. The summed E-state index contributed by atoms with van der Waals surface area (Å²) in [6, 6.07) is 34.0. The second kappa shape index (κ2) is 8.34. The molecule has 0 saturated carbocycles. The molecule has 7 heteroatoms. The lowest BCUT2D eigenvalue weighted by molar-refractivity contribution is 0.641. The van der Waals surface area contributed by atoms with Crippen LogP contribution >= 0.6 is 0 Å². The lowest BCUT2D eigenvalue weighted by Gasteiger charge is -2.10. The maximum atomic E-state index is 6.43. The lowest BCUT2D eigenvalue weighted by Crippen LogP contribution is -2.06. The summed E-state index contributed by atoms with van der Waals surface area (Å²) in [7, 11) is 0. The van der Waals surface area contributed by atoms with E-state index in [2.05, 4.69) is 23.2 Å². The highest BCUT2D eigenvalue weighted by Gasteiger charge is 2.22. The van der Waals surface area contributed by atoms with E-state index in [1.807, 2.05) is 95.7 Å². The first kappa shape index (κ1) is 22.0. The number of nitrogens with zero attached hydrogens (tertiary/aromatic N) is 5. The largest absolute Gasteiger partial charge is 0.456 e. The van der Waals surface area contributed by atoms with Crippen LogP contribution in [0.25, 0.3) is 83.6 Å². The van der Waals surface area contributed by atoms with Crippen LogP contribution in [0, 0.1) is 0 Å². The van der Waals surface area contributed by atoms with E-state index >= 15 is 0 Å². The molecule has 0 saturated heterocycles. The minimum atomic E-state index is 0.469. The summed E-state index contributed by atoms with van der Waals surface area (Å²) in [5.74, 6) is 1.60. The first-order valence-electron chi connectivity index (χ1n) is 13.3. The van der Waals surface area contributed by atoms with Crippen molar-refractivity contribution in [3.8, 4) is 28.7 Å². The SMILES string of the molecule is c1ccc(-c2nc(-c3ccc4oc5ccccc5c4c3)nc(-n3c4ccncc4c4c5ccccc5oc43)n2)cc1. The number of hydrogen-bond acceptors (Lipinski definition) is 6. The van der Waals surface area contributed by atoms with Crippen molar-refractivity contribution in [3.05, 3.63) is 116 Å².